The van der Waals surface area contributed by atoms with Crippen LogP contribution in [0, 0.1) is 0 Å². The Hall–Kier alpha value is -2.11. The van der Waals surface area contributed by atoms with E-state index >= 15 is 0 Å². The van der Waals surface area contributed by atoms with Crippen molar-refractivity contribution in [1.82, 2.24) is 4.58 Å². The summed E-state index contributed by atoms with van der Waals surface area (Å²) in [6.07, 6.45) is 25.1. The van der Waals surface area contributed by atoms with Crippen molar-refractivity contribution in [2.75, 3.05) is 26.3 Å². The second-order valence-electron chi connectivity index (χ2n) is 12.9. The van der Waals surface area contributed by atoms with Gasteiger partial charge in [0.05, 0.1) is 23.0 Å². The Labute approximate surface area is 282 Å². The first-order valence-corrected chi connectivity index (χ1v) is 20.1. The number of benzene rings is 2. The van der Waals surface area contributed by atoms with E-state index in [4.69, 9.17) is 9.47 Å². The van der Waals surface area contributed by atoms with Crippen molar-refractivity contribution in [3.8, 4) is 32.4 Å². The Morgan fingerprint density at radius 3 is 1.27 bits per heavy atom. The minimum atomic E-state index is 0.813. The first-order valence-electron chi connectivity index (χ1n) is 18.5. The number of nitrogens with zero attached hydrogens (tertiary/aromatic N) is 1. The zero-order valence-corrected chi connectivity index (χ0v) is 30.1. The van der Waals surface area contributed by atoms with Gasteiger partial charge < -0.3 is 9.47 Å². The summed E-state index contributed by atoms with van der Waals surface area (Å²) in [5.41, 5.74) is 2.56. The van der Waals surface area contributed by atoms with E-state index in [9.17, 15) is 0 Å². The van der Waals surface area contributed by atoms with Gasteiger partial charge in [-0.2, -0.15) is 0 Å². The van der Waals surface area contributed by atoms with Gasteiger partial charge in [0.1, 0.15) is 24.6 Å². The maximum absolute atomic E-state index is 6.13. The Kier molecular flexibility index (Phi) is 17.2. The average Bonchev–Trinajstić information content (AvgIpc) is 3.53. The predicted molar refractivity (Wildman–Crippen MR) is 198 cm³/mol. The summed E-state index contributed by atoms with van der Waals surface area (Å²) in [6, 6.07) is 17.7. The van der Waals surface area contributed by atoms with E-state index in [2.05, 4.69) is 67.0 Å². The lowest BCUT2D eigenvalue weighted by Gasteiger charge is -2.09. The van der Waals surface area contributed by atoms with Crippen LogP contribution in [0.25, 0.3) is 20.9 Å². The molecule has 0 bridgehead atoms. The van der Waals surface area contributed by atoms with Gasteiger partial charge in [-0.05, 0) is 78.9 Å². The summed E-state index contributed by atoms with van der Waals surface area (Å²) >= 11 is 3.92. The number of rotatable bonds is 22. The molecule has 1 aromatic heterocycles. The Balaban J connectivity index is 1.33. The van der Waals surface area contributed by atoms with Crippen molar-refractivity contribution in [1.29, 1.82) is 0 Å². The molecule has 1 aliphatic heterocycles. The molecule has 0 spiro atoms. The molecule has 0 unspecified atom stereocenters. The molecular weight excluding hydrogens is 591 g/mol. The van der Waals surface area contributed by atoms with E-state index in [1.807, 2.05) is 22.7 Å². The molecule has 0 atom stereocenters. The van der Waals surface area contributed by atoms with E-state index in [0.29, 0.717) is 0 Å². The Morgan fingerprint density at radius 2 is 0.867 bits per heavy atom. The minimum absolute atomic E-state index is 0.813. The summed E-state index contributed by atoms with van der Waals surface area (Å²) in [5.74, 6) is 1.97. The van der Waals surface area contributed by atoms with Crippen LogP contribution in [0.4, 0.5) is 0 Å². The smallest absolute Gasteiger partial charge is 0.315 e. The standard InChI is InChI=1S/C40H60NO2S2/c1-3-5-7-9-11-13-15-20-32-42-36-26-22-34(23-27-36)38-39(45-40(44-38)41-30-18-17-19-31-41)35-24-28-37(29-25-35)43-33-21-16-14-12-10-8-6-4-2/h22-29H,3-21,30-33H2,1-2H3/q+1. The van der Waals surface area contributed by atoms with E-state index in [0.717, 1.165) is 37.6 Å². The minimum Gasteiger partial charge on any atom is -0.494 e. The van der Waals surface area contributed by atoms with Crippen LogP contribution < -0.4 is 18.0 Å². The Bertz CT molecular complexity index is 1160. The third-order valence-corrected chi connectivity index (χ3v) is 11.7. The number of hydrogen-bond acceptors (Lipinski definition) is 4. The van der Waals surface area contributed by atoms with Gasteiger partial charge in [0.25, 0.3) is 0 Å². The molecule has 0 amide bonds. The summed E-state index contributed by atoms with van der Waals surface area (Å²) in [4.78, 5) is 2.73. The number of piperidine rings is 1. The van der Waals surface area contributed by atoms with Gasteiger partial charge in [-0.25, -0.2) is 4.58 Å². The third kappa shape index (κ3) is 12.9. The van der Waals surface area contributed by atoms with Crippen LogP contribution >= 0.6 is 22.7 Å². The van der Waals surface area contributed by atoms with Crippen LogP contribution in [0.15, 0.2) is 48.5 Å². The van der Waals surface area contributed by atoms with Crippen molar-refractivity contribution < 1.29 is 9.47 Å². The second-order valence-corrected chi connectivity index (χ2v) is 15.1. The van der Waals surface area contributed by atoms with Crippen LogP contribution in [0.5, 0.6) is 11.5 Å². The maximum atomic E-state index is 6.13. The monoisotopic (exact) mass is 650 g/mol. The molecule has 0 aliphatic carbocycles. The maximum Gasteiger partial charge on any atom is 0.315 e. The van der Waals surface area contributed by atoms with E-state index in [1.165, 1.54) is 147 Å². The largest absolute Gasteiger partial charge is 0.494 e. The molecule has 2 heterocycles. The summed E-state index contributed by atoms with van der Waals surface area (Å²) in [5, 5.41) is 0. The lowest BCUT2D eigenvalue weighted by molar-refractivity contribution is 0.304. The second kappa shape index (κ2) is 21.6. The molecular formula is C40H60NO2S2+. The number of ether oxygens (including phenoxy) is 2. The van der Waals surface area contributed by atoms with Gasteiger partial charge >= 0.3 is 3.98 Å². The molecule has 4 rings (SSSR count). The molecule has 45 heavy (non-hydrogen) atoms. The normalized spacial score (nSPS) is 13.3. The molecule has 1 saturated heterocycles. The van der Waals surface area contributed by atoms with Crippen molar-refractivity contribution in [2.24, 2.45) is 0 Å². The van der Waals surface area contributed by atoms with E-state index < -0.39 is 0 Å². The van der Waals surface area contributed by atoms with Crippen molar-refractivity contribution >= 4 is 22.7 Å². The van der Waals surface area contributed by atoms with Gasteiger partial charge in [-0.3, -0.25) is 0 Å². The molecule has 0 radical (unpaired) electrons. The van der Waals surface area contributed by atoms with Crippen molar-refractivity contribution in [2.45, 2.75) is 136 Å². The van der Waals surface area contributed by atoms with Gasteiger partial charge in [-0.15, -0.1) is 0 Å². The highest BCUT2D eigenvalue weighted by Crippen LogP contribution is 2.39. The fraction of sp³-hybridized carbons (Fsp3) is 0.625. The molecule has 2 aromatic carbocycles. The SMILES string of the molecule is CCCCCCCCCCOc1ccc(-c2sc(=[N+]3CCCCC3)sc2-c2ccc(OCCCCCCCCCC)cc2)cc1. The zero-order chi connectivity index (χ0) is 31.4. The molecule has 5 heteroatoms. The zero-order valence-electron chi connectivity index (χ0n) is 28.5. The highest BCUT2D eigenvalue weighted by Gasteiger charge is 2.19. The van der Waals surface area contributed by atoms with Crippen LogP contribution in [0.3, 0.4) is 0 Å². The number of unbranched alkanes of at least 4 members (excludes halogenated alkanes) is 14. The lowest BCUT2D eigenvalue weighted by Crippen LogP contribution is -2.31. The summed E-state index contributed by atoms with van der Waals surface area (Å²) in [7, 11) is 0. The third-order valence-electron chi connectivity index (χ3n) is 8.97. The van der Waals surface area contributed by atoms with Crippen LogP contribution in [-0.2, 0) is 0 Å². The first-order chi connectivity index (χ1) is 22.3. The van der Waals surface area contributed by atoms with Crippen molar-refractivity contribution in [3.63, 3.8) is 0 Å². The molecule has 0 saturated carbocycles. The summed E-state index contributed by atoms with van der Waals surface area (Å²) < 4.78 is 16.3. The highest BCUT2D eigenvalue weighted by atomic mass is 32.2. The van der Waals surface area contributed by atoms with E-state index in [1.54, 1.807) is 0 Å². The van der Waals surface area contributed by atoms with Gasteiger partial charge in [-0.1, -0.05) is 126 Å². The first kappa shape index (κ1) is 35.7. The Morgan fingerprint density at radius 1 is 0.489 bits per heavy atom. The lowest BCUT2D eigenvalue weighted by atomic mass is 10.1. The molecule has 1 fully saturated rings. The molecule has 0 N–H and O–H groups in total. The van der Waals surface area contributed by atoms with Gasteiger partial charge in [0, 0.05) is 12.8 Å². The fourth-order valence-electron chi connectivity index (χ4n) is 6.13. The van der Waals surface area contributed by atoms with Crippen LogP contribution in [0.1, 0.15) is 136 Å². The molecule has 3 nitrogen and oxygen atoms in total. The summed E-state index contributed by atoms with van der Waals surface area (Å²) in [6.45, 7) is 8.54. The quantitative estimate of drug-likeness (QED) is 0.0797. The predicted octanol–water partition coefficient (Wildman–Crippen LogP) is 12.1. The number of hydrogen-bond donors (Lipinski definition) is 0. The topological polar surface area (TPSA) is 21.5 Å². The van der Waals surface area contributed by atoms with Crippen molar-refractivity contribution in [3.05, 3.63) is 52.5 Å². The van der Waals surface area contributed by atoms with E-state index in [-0.39, 0.29) is 0 Å². The van der Waals surface area contributed by atoms with Crippen LogP contribution in [-0.4, -0.2) is 26.3 Å². The molecule has 3 aromatic rings. The van der Waals surface area contributed by atoms with Gasteiger partial charge in [0.2, 0.25) is 0 Å². The van der Waals surface area contributed by atoms with Gasteiger partial charge in [0.15, 0.2) is 0 Å². The highest BCUT2D eigenvalue weighted by molar-refractivity contribution is 7.32. The van der Waals surface area contributed by atoms with Crippen LogP contribution in [0.2, 0.25) is 0 Å². The average molecular weight is 651 g/mol. The fourth-order valence-corrected chi connectivity index (χ4v) is 8.95. The molecule has 1 aliphatic rings. The molecule has 248 valence electrons.